The average Bonchev–Trinajstić information content (AvgIpc) is 2.69. The molecule has 0 radical (unpaired) electrons. The molecule has 0 fully saturated rings. The number of hydrogen-bond donors (Lipinski definition) is 0. The number of nitrogens with zero attached hydrogens (tertiary/aromatic N) is 2. The summed E-state index contributed by atoms with van der Waals surface area (Å²) in [7, 11) is 0. The van der Waals surface area contributed by atoms with Crippen molar-refractivity contribution in [3.8, 4) is 29.0 Å². The minimum absolute atomic E-state index is 0.240. The number of alkyl halides is 6. The van der Waals surface area contributed by atoms with E-state index in [-0.39, 0.29) is 5.56 Å². The van der Waals surface area contributed by atoms with Gasteiger partial charge in [0, 0.05) is 5.56 Å². The fraction of sp³-hybridized carbons (Fsp3) is 0.100. The summed E-state index contributed by atoms with van der Waals surface area (Å²) in [5, 5.41) is 9.05. The number of aromatic nitrogens is 1. The summed E-state index contributed by atoms with van der Waals surface area (Å²) in [5.41, 5.74) is -4.27. The predicted molar refractivity (Wildman–Crippen MR) is 90.8 cm³/mol. The Morgan fingerprint density at radius 1 is 0.806 bits per heavy atom. The van der Waals surface area contributed by atoms with Gasteiger partial charge >= 0.3 is 12.4 Å². The molecule has 0 aliphatic heterocycles. The van der Waals surface area contributed by atoms with Crippen LogP contribution in [0.25, 0.3) is 11.3 Å². The predicted octanol–water partition coefficient (Wildman–Crippen LogP) is 6.73. The summed E-state index contributed by atoms with van der Waals surface area (Å²) in [4.78, 5) is 3.54. The molecule has 0 saturated heterocycles. The van der Waals surface area contributed by atoms with Gasteiger partial charge in [0.25, 0.3) is 5.88 Å². The average molecular weight is 444 g/mol. The van der Waals surface area contributed by atoms with Crippen LogP contribution < -0.4 is 4.74 Å². The second-order valence-corrected chi connectivity index (χ2v) is 6.08. The van der Waals surface area contributed by atoms with Crippen LogP contribution in [0.4, 0.5) is 35.1 Å². The fourth-order valence-electron chi connectivity index (χ4n) is 2.54. The lowest BCUT2D eigenvalue weighted by Gasteiger charge is -2.13. The van der Waals surface area contributed by atoms with E-state index in [1.165, 1.54) is 6.07 Å². The number of nitriles is 1. The molecule has 11 heteroatoms. The third kappa shape index (κ3) is 4.58. The molecule has 0 spiro atoms. The third-order valence-electron chi connectivity index (χ3n) is 4.02. The number of ether oxygens (including phenoxy) is 1. The summed E-state index contributed by atoms with van der Waals surface area (Å²) >= 11 is 0. The van der Waals surface area contributed by atoms with Crippen molar-refractivity contribution in [2.75, 3.05) is 0 Å². The van der Waals surface area contributed by atoms with E-state index in [0.717, 1.165) is 30.3 Å². The van der Waals surface area contributed by atoms with Crippen molar-refractivity contribution in [2.45, 2.75) is 12.4 Å². The fourth-order valence-corrected chi connectivity index (χ4v) is 2.54. The third-order valence-corrected chi connectivity index (χ3v) is 4.02. The van der Waals surface area contributed by atoms with Crippen LogP contribution in [0.3, 0.4) is 0 Å². The molecular formula is C20H8F8N2O. The zero-order valence-electron chi connectivity index (χ0n) is 14.9. The van der Waals surface area contributed by atoms with E-state index >= 15 is 0 Å². The summed E-state index contributed by atoms with van der Waals surface area (Å²) in [5.74, 6) is -4.56. The van der Waals surface area contributed by atoms with Crippen LogP contribution in [0.15, 0.2) is 48.5 Å². The van der Waals surface area contributed by atoms with Crippen LogP contribution in [0, 0.1) is 23.0 Å². The molecule has 0 N–H and O–H groups in total. The number of rotatable bonds is 3. The molecule has 2 aromatic carbocycles. The van der Waals surface area contributed by atoms with E-state index in [9.17, 15) is 35.1 Å². The molecule has 31 heavy (non-hydrogen) atoms. The maximum absolute atomic E-state index is 14.5. The van der Waals surface area contributed by atoms with Crippen LogP contribution in [-0.2, 0) is 12.4 Å². The highest BCUT2D eigenvalue weighted by atomic mass is 19.4. The van der Waals surface area contributed by atoms with Gasteiger partial charge in [-0.15, -0.1) is 0 Å². The van der Waals surface area contributed by atoms with E-state index < -0.39 is 58.0 Å². The number of benzene rings is 2. The van der Waals surface area contributed by atoms with E-state index in [2.05, 4.69) is 4.98 Å². The van der Waals surface area contributed by atoms with Gasteiger partial charge in [-0.2, -0.15) is 36.0 Å². The van der Waals surface area contributed by atoms with Crippen LogP contribution in [0.1, 0.15) is 16.7 Å². The van der Waals surface area contributed by atoms with Crippen LogP contribution in [0.5, 0.6) is 11.6 Å². The van der Waals surface area contributed by atoms with Crippen molar-refractivity contribution >= 4 is 0 Å². The maximum atomic E-state index is 14.5. The van der Waals surface area contributed by atoms with Crippen molar-refractivity contribution in [3.05, 3.63) is 76.9 Å². The molecule has 0 aliphatic carbocycles. The smallest absolute Gasteiger partial charge is 0.416 e. The molecule has 3 aromatic rings. The molecule has 3 rings (SSSR count). The molecule has 3 nitrogen and oxygen atoms in total. The first kappa shape index (κ1) is 22.0. The number of hydrogen-bond acceptors (Lipinski definition) is 3. The van der Waals surface area contributed by atoms with Crippen molar-refractivity contribution in [1.29, 1.82) is 5.26 Å². The normalized spacial score (nSPS) is 11.8. The van der Waals surface area contributed by atoms with Gasteiger partial charge < -0.3 is 4.74 Å². The molecule has 1 heterocycles. The van der Waals surface area contributed by atoms with Gasteiger partial charge in [-0.1, -0.05) is 18.2 Å². The molecule has 0 amide bonds. The lowest BCUT2D eigenvalue weighted by molar-refractivity contribution is -0.138. The Kier molecular flexibility index (Phi) is 5.59. The molecule has 160 valence electrons. The monoisotopic (exact) mass is 444 g/mol. The van der Waals surface area contributed by atoms with Gasteiger partial charge in [0.15, 0.2) is 5.82 Å². The van der Waals surface area contributed by atoms with Gasteiger partial charge in [0.2, 0.25) is 5.82 Å². The molecular weight excluding hydrogens is 436 g/mol. The summed E-state index contributed by atoms with van der Waals surface area (Å²) < 4.78 is 111. The van der Waals surface area contributed by atoms with Gasteiger partial charge in [0.05, 0.1) is 11.1 Å². The van der Waals surface area contributed by atoms with Gasteiger partial charge in [-0.05, 0) is 30.3 Å². The van der Waals surface area contributed by atoms with E-state index in [4.69, 9.17) is 10.00 Å². The quantitative estimate of drug-likeness (QED) is 0.421. The van der Waals surface area contributed by atoms with Gasteiger partial charge in [-0.3, -0.25) is 0 Å². The Balaban J connectivity index is 2.08. The number of pyridine rings is 1. The first-order chi connectivity index (χ1) is 14.4. The van der Waals surface area contributed by atoms with E-state index in [1.54, 1.807) is 0 Å². The highest BCUT2D eigenvalue weighted by molar-refractivity contribution is 5.64. The van der Waals surface area contributed by atoms with Crippen LogP contribution in [0.2, 0.25) is 0 Å². The zero-order valence-corrected chi connectivity index (χ0v) is 14.9. The topological polar surface area (TPSA) is 45.9 Å². The summed E-state index contributed by atoms with van der Waals surface area (Å²) in [6, 6.07) is 7.47. The molecule has 0 aliphatic rings. The Morgan fingerprint density at radius 2 is 1.42 bits per heavy atom. The summed E-state index contributed by atoms with van der Waals surface area (Å²) in [6.45, 7) is 0. The zero-order chi connectivity index (χ0) is 23.0. The lowest BCUT2D eigenvalue weighted by atomic mass is 10.1. The second kappa shape index (κ2) is 7.86. The van der Waals surface area contributed by atoms with Crippen molar-refractivity contribution in [2.24, 2.45) is 0 Å². The van der Waals surface area contributed by atoms with E-state index in [0.29, 0.717) is 18.2 Å². The largest absolute Gasteiger partial charge is 0.436 e. The first-order valence-electron chi connectivity index (χ1n) is 8.23. The second-order valence-electron chi connectivity index (χ2n) is 6.08. The van der Waals surface area contributed by atoms with Crippen molar-refractivity contribution in [3.63, 3.8) is 0 Å². The van der Waals surface area contributed by atoms with Gasteiger partial charge in [0.1, 0.15) is 23.1 Å². The molecule has 0 bridgehead atoms. The van der Waals surface area contributed by atoms with Gasteiger partial charge in [-0.25, -0.2) is 9.37 Å². The van der Waals surface area contributed by atoms with Crippen molar-refractivity contribution < 1.29 is 39.9 Å². The first-order valence-corrected chi connectivity index (χ1v) is 8.23. The Bertz CT molecular complexity index is 1160. The van der Waals surface area contributed by atoms with Crippen LogP contribution >= 0.6 is 0 Å². The molecule has 0 unspecified atom stereocenters. The number of halogens is 8. The molecule has 0 saturated carbocycles. The molecule has 0 atom stereocenters. The van der Waals surface area contributed by atoms with Crippen molar-refractivity contribution in [1.82, 2.24) is 4.98 Å². The Labute approximate surface area is 169 Å². The molecule has 1 aromatic heterocycles. The Hall–Kier alpha value is -3.68. The lowest BCUT2D eigenvalue weighted by Crippen LogP contribution is -2.06. The highest BCUT2D eigenvalue weighted by Gasteiger charge is 2.32. The highest BCUT2D eigenvalue weighted by Crippen LogP contribution is 2.36. The maximum Gasteiger partial charge on any atom is 0.416 e. The Morgan fingerprint density at radius 3 is 1.97 bits per heavy atom. The standard InChI is InChI=1S/C20H8F8N2O/c21-15-14(9-29)16(22)18(31-13-3-1-2-12(8-13)20(26,27)28)30-17(15)10-4-6-11(7-5-10)19(23,24)25/h1-8H. The van der Waals surface area contributed by atoms with Crippen LogP contribution in [-0.4, -0.2) is 4.98 Å². The summed E-state index contributed by atoms with van der Waals surface area (Å²) in [6.07, 6.45) is -9.39. The SMILES string of the molecule is N#Cc1c(F)c(Oc2cccc(C(F)(F)F)c2)nc(-c2ccc(C(F)(F)F)cc2)c1F. The minimum Gasteiger partial charge on any atom is -0.436 e. The van der Waals surface area contributed by atoms with E-state index in [1.807, 2.05) is 0 Å². The minimum atomic E-state index is -4.72.